The maximum atomic E-state index is 12.0. The Morgan fingerprint density at radius 3 is 3.05 bits per heavy atom. The van der Waals surface area contributed by atoms with Crippen LogP contribution in [0.5, 0.6) is 0 Å². The van der Waals surface area contributed by atoms with E-state index in [9.17, 15) is 4.79 Å². The third kappa shape index (κ3) is 3.92. The number of nitrogens with one attached hydrogen (secondary N) is 1. The first-order valence-corrected chi connectivity index (χ1v) is 7.00. The van der Waals surface area contributed by atoms with E-state index in [0.717, 1.165) is 10.6 Å². The van der Waals surface area contributed by atoms with Crippen molar-refractivity contribution in [1.29, 1.82) is 0 Å². The summed E-state index contributed by atoms with van der Waals surface area (Å²) in [7, 11) is 0. The molecule has 2 rings (SSSR count). The molecule has 0 aliphatic rings. The van der Waals surface area contributed by atoms with Gasteiger partial charge in [-0.15, -0.1) is 11.3 Å². The first-order valence-electron chi connectivity index (χ1n) is 6.12. The molecular weight excluding hydrogens is 272 g/mol. The number of hydrogen-bond donors (Lipinski definition) is 2. The number of carbonyl (C=O) groups excluding carboxylic acids is 1. The monoisotopic (exact) mass is 286 g/mol. The topological polar surface area (TPSA) is 62.2 Å². The van der Waals surface area contributed by atoms with Gasteiger partial charge in [-0.1, -0.05) is 17.9 Å². The smallest absolute Gasteiger partial charge is 0.275 e. The molecule has 0 bridgehead atoms. The Balaban J connectivity index is 2.08. The van der Waals surface area contributed by atoms with Crippen LogP contribution in [0.2, 0.25) is 0 Å². The van der Waals surface area contributed by atoms with Crippen LogP contribution in [-0.2, 0) is 0 Å². The Hall–Kier alpha value is -2.16. The van der Waals surface area contributed by atoms with Crippen molar-refractivity contribution in [1.82, 2.24) is 4.98 Å². The highest BCUT2D eigenvalue weighted by atomic mass is 32.1. The van der Waals surface area contributed by atoms with Crippen molar-refractivity contribution >= 4 is 22.9 Å². The van der Waals surface area contributed by atoms with E-state index in [1.54, 1.807) is 17.5 Å². The van der Waals surface area contributed by atoms with Gasteiger partial charge in [0.25, 0.3) is 5.91 Å². The van der Waals surface area contributed by atoms with Crippen LogP contribution in [0.1, 0.15) is 27.5 Å². The van der Waals surface area contributed by atoms with Gasteiger partial charge in [-0.25, -0.2) is 4.98 Å². The number of aliphatic hydroxyl groups excluding tert-OH is 1. The predicted molar refractivity (Wildman–Crippen MR) is 79.8 cm³/mol. The van der Waals surface area contributed by atoms with E-state index in [4.69, 9.17) is 5.11 Å². The normalized spacial score (nSPS) is 9.70. The molecule has 5 heteroatoms. The Morgan fingerprint density at radius 2 is 2.35 bits per heavy atom. The molecule has 0 atom stereocenters. The second-order valence-corrected chi connectivity index (χ2v) is 5.12. The lowest BCUT2D eigenvalue weighted by Crippen LogP contribution is -2.12. The summed E-state index contributed by atoms with van der Waals surface area (Å²) < 4.78 is 0. The molecule has 0 aliphatic carbocycles. The number of anilines is 1. The third-order valence-electron chi connectivity index (χ3n) is 2.44. The largest absolute Gasteiger partial charge is 0.395 e. The lowest BCUT2D eigenvalue weighted by atomic mass is 10.2. The number of rotatable bonds is 3. The number of carbonyl (C=O) groups is 1. The highest BCUT2D eigenvalue weighted by Gasteiger charge is 2.09. The lowest BCUT2D eigenvalue weighted by Gasteiger charge is -2.03. The average molecular weight is 286 g/mol. The maximum Gasteiger partial charge on any atom is 0.275 e. The van der Waals surface area contributed by atoms with Gasteiger partial charge in [-0.05, 0) is 25.1 Å². The molecule has 2 N–H and O–H groups in total. The molecule has 2 aromatic rings. The summed E-state index contributed by atoms with van der Waals surface area (Å²) in [6, 6.07) is 7.27. The number of amides is 1. The van der Waals surface area contributed by atoms with Crippen LogP contribution in [-0.4, -0.2) is 22.6 Å². The minimum absolute atomic E-state index is 0.0482. The molecule has 0 saturated heterocycles. The van der Waals surface area contributed by atoms with Crippen LogP contribution in [0.25, 0.3) is 0 Å². The van der Waals surface area contributed by atoms with Gasteiger partial charge >= 0.3 is 0 Å². The third-order valence-corrected chi connectivity index (χ3v) is 3.22. The maximum absolute atomic E-state index is 12.0. The van der Waals surface area contributed by atoms with Crippen molar-refractivity contribution < 1.29 is 9.90 Å². The summed E-state index contributed by atoms with van der Waals surface area (Å²) in [5, 5.41) is 14.1. The SMILES string of the molecule is Cc1nc(C(=O)Nc2cccc(C#CCCO)c2)cs1. The first kappa shape index (κ1) is 14.3. The number of aromatic nitrogens is 1. The minimum Gasteiger partial charge on any atom is -0.395 e. The fraction of sp³-hybridized carbons (Fsp3) is 0.200. The second kappa shape index (κ2) is 6.85. The van der Waals surface area contributed by atoms with Crippen LogP contribution in [0.3, 0.4) is 0 Å². The molecule has 0 spiro atoms. The van der Waals surface area contributed by atoms with E-state index in [1.165, 1.54) is 11.3 Å². The molecule has 1 aromatic carbocycles. The molecule has 1 aromatic heterocycles. The first-order chi connectivity index (χ1) is 9.69. The van der Waals surface area contributed by atoms with Gasteiger partial charge in [0.1, 0.15) is 5.69 Å². The van der Waals surface area contributed by atoms with Crippen molar-refractivity contribution in [3.63, 3.8) is 0 Å². The average Bonchev–Trinajstić information content (AvgIpc) is 2.86. The van der Waals surface area contributed by atoms with E-state index < -0.39 is 0 Å². The molecule has 0 radical (unpaired) electrons. The van der Waals surface area contributed by atoms with Crippen molar-refractivity contribution in [2.45, 2.75) is 13.3 Å². The Morgan fingerprint density at radius 1 is 1.50 bits per heavy atom. The molecule has 0 saturated carbocycles. The van der Waals surface area contributed by atoms with Crippen LogP contribution < -0.4 is 5.32 Å². The molecule has 1 heterocycles. The van der Waals surface area contributed by atoms with Crippen LogP contribution in [0.4, 0.5) is 5.69 Å². The second-order valence-electron chi connectivity index (χ2n) is 4.06. The van der Waals surface area contributed by atoms with Crippen molar-refractivity contribution in [3.8, 4) is 11.8 Å². The lowest BCUT2D eigenvalue weighted by molar-refractivity contribution is 0.102. The number of benzene rings is 1. The standard InChI is InChI=1S/C15H14N2O2S/c1-11-16-14(10-20-11)15(19)17-13-7-4-6-12(9-13)5-2-3-8-18/h4,6-7,9-10,18H,3,8H2,1H3,(H,17,19). The van der Waals surface area contributed by atoms with E-state index in [-0.39, 0.29) is 12.5 Å². The van der Waals surface area contributed by atoms with Gasteiger partial charge in [0.15, 0.2) is 0 Å². The Kier molecular flexibility index (Phi) is 4.88. The number of hydrogen-bond acceptors (Lipinski definition) is 4. The highest BCUT2D eigenvalue weighted by molar-refractivity contribution is 7.09. The van der Waals surface area contributed by atoms with Gasteiger partial charge in [-0.2, -0.15) is 0 Å². The summed E-state index contributed by atoms with van der Waals surface area (Å²) in [5.41, 5.74) is 1.89. The Labute approximate surface area is 121 Å². The highest BCUT2D eigenvalue weighted by Crippen LogP contribution is 2.13. The van der Waals surface area contributed by atoms with Crippen molar-refractivity contribution in [2.75, 3.05) is 11.9 Å². The van der Waals surface area contributed by atoms with Crippen molar-refractivity contribution in [2.24, 2.45) is 0 Å². The summed E-state index contributed by atoms with van der Waals surface area (Å²) >= 11 is 1.44. The molecule has 1 amide bonds. The number of thiazole rings is 1. The van der Waals surface area contributed by atoms with Gasteiger partial charge in [0.05, 0.1) is 11.6 Å². The molecule has 20 heavy (non-hydrogen) atoms. The van der Waals surface area contributed by atoms with Crippen LogP contribution >= 0.6 is 11.3 Å². The van der Waals surface area contributed by atoms with Gasteiger partial charge in [0, 0.05) is 23.1 Å². The van der Waals surface area contributed by atoms with Gasteiger partial charge < -0.3 is 10.4 Å². The Bertz CT molecular complexity index is 668. The quantitative estimate of drug-likeness (QED) is 0.852. The van der Waals surface area contributed by atoms with Crippen molar-refractivity contribution in [3.05, 3.63) is 45.9 Å². The summed E-state index contributed by atoms with van der Waals surface area (Å²) in [6.45, 7) is 1.91. The predicted octanol–water partition coefficient (Wildman–Crippen LogP) is 2.44. The zero-order chi connectivity index (χ0) is 14.4. The summed E-state index contributed by atoms with van der Waals surface area (Å²) in [5.74, 6) is 5.54. The van der Waals surface area contributed by atoms with Gasteiger partial charge in [0.2, 0.25) is 0 Å². The van der Waals surface area contributed by atoms with Gasteiger partial charge in [-0.3, -0.25) is 4.79 Å². The van der Waals surface area contributed by atoms with Crippen LogP contribution in [0.15, 0.2) is 29.6 Å². The number of aliphatic hydroxyl groups is 1. The van der Waals surface area contributed by atoms with E-state index >= 15 is 0 Å². The van der Waals surface area contributed by atoms with E-state index in [2.05, 4.69) is 22.1 Å². The molecule has 102 valence electrons. The fourth-order valence-corrected chi connectivity index (χ4v) is 2.15. The van der Waals surface area contributed by atoms with E-state index in [0.29, 0.717) is 17.8 Å². The fourth-order valence-electron chi connectivity index (χ4n) is 1.56. The molecule has 0 fully saturated rings. The number of aryl methyl sites for hydroxylation is 1. The molecule has 4 nitrogen and oxygen atoms in total. The summed E-state index contributed by atoms with van der Waals surface area (Å²) in [4.78, 5) is 16.1. The zero-order valence-electron chi connectivity index (χ0n) is 11.0. The minimum atomic E-state index is -0.227. The molecule has 0 aliphatic heterocycles. The zero-order valence-corrected chi connectivity index (χ0v) is 11.8. The molecular formula is C15H14N2O2S. The van der Waals surface area contributed by atoms with E-state index in [1.807, 2.05) is 19.1 Å². The number of nitrogens with zero attached hydrogens (tertiary/aromatic N) is 1. The van der Waals surface area contributed by atoms with Crippen LogP contribution in [0, 0.1) is 18.8 Å². The molecule has 0 unspecified atom stereocenters. The summed E-state index contributed by atoms with van der Waals surface area (Å²) in [6.07, 6.45) is 0.439.